The molecule has 0 spiro atoms. The van der Waals surface area contributed by atoms with Crippen molar-refractivity contribution in [1.82, 2.24) is 4.98 Å². The topological polar surface area (TPSA) is 36.7 Å². The first-order chi connectivity index (χ1) is 6.06. The predicted octanol–water partition coefficient (Wildman–Crippen LogP) is 2.34. The molecule has 0 aliphatic heterocycles. The van der Waals surface area contributed by atoms with E-state index in [1.807, 2.05) is 0 Å². The molecule has 0 fully saturated rings. The Bertz CT molecular complexity index is 368. The summed E-state index contributed by atoms with van der Waals surface area (Å²) in [5.74, 6) is -1.01. The zero-order valence-electron chi connectivity index (χ0n) is 6.68. The van der Waals surface area contributed by atoms with Crippen LogP contribution < -0.4 is 0 Å². The first kappa shape index (κ1) is 9.52. The number of hydrogen-bond donors (Lipinski definition) is 0. The Morgan fingerprint density at radius 2 is 2.15 bits per heavy atom. The maximum atomic E-state index is 12.8. The number of aromatic nitrogens is 1. The van der Waals surface area contributed by atoms with E-state index in [0.29, 0.717) is 6.07 Å². The maximum absolute atomic E-state index is 12.8. The summed E-state index contributed by atoms with van der Waals surface area (Å²) in [6, 6.07) is 2.12. The van der Waals surface area contributed by atoms with Gasteiger partial charge >= 0.3 is 0 Å². The molecule has 0 bridgehead atoms. The van der Waals surface area contributed by atoms with Crippen LogP contribution in [0.2, 0.25) is 0 Å². The molecule has 0 N–H and O–H groups in total. The Hall–Kier alpha value is -1.57. The third-order valence-corrected chi connectivity index (χ3v) is 1.55. The molecule has 0 aliphatic rings. The normalized spacial score (nSPS) is 10.2. The fraction of sp³-hybridized carbons (Fsp3) is 0.250. The minimum Gasteiger partial charge on any atom is -0.239 e. The van der Waals surface area contributed by atoms with Gasteiger partial charge < -0.3 is 0 Å². The molecule has 0 saturated heterocycles. The number of hydrogen-bond acceptors (Lipinski definition) is 2. The van der Waals surface area contributed by atoms with Crippen LogP contribution in [-0.2, 0) is 0 Å². The Balaban J connectivity index is 3.31. The van der Waals surface area contributed by atoms with Gasteiger partial charge in [-0.3, -0.25) is 0 Å². The summed E-state index contributed by atoms with van der Waals surface area (Å²) >= 11 is 0. The van der Waals surface area contributed by atoms with Crippen molar-refractivity contribution in [2.75, 3.05) is 0 Å². The van der Waals surface area contributed by atoms with E-state index >= 15 is 0 Å². The molecule has 5 heteroatoms. The molecule has 0 aromatic carbocycles. The second-order valence-corrected chi connectivity index (χ2v) is 2.41. The van der Waals surface area contributed by atoms with Crippen molar-refractivity contribution in [3.05, 3.63) is 28.8 Å². The van der Waals surface area contributed by atoms with E-state index in [4.69, 9.17) is 5.26 Å². The molecule has 1 rings (SSSR count). The molecule has 0 saturated carbocycles. The highest BCUT2D eigenvalue weighted by Crippen LogP contribution is 2.22. The second-order valence-electron chi connectivity index (χ2n) is 2.41. The fourth-order valence-corrected chi connectivity index (χ4v) is 0.894. The monoisotopic (exact) mass is 186 g/mol. The van der Waals surface area contributed by atoms with Crippen molar-refractivity contribution >= 4 is 0 Å². The highest BCUT2D eigenvalue weighted by molar-refractivity contribution is 5.30. The average molecular weight is 186 g/mol. The molecule has 13 heavy (non-hydrogen) atoms. The Labute approximate surface area is 72.6 Å². The van der Waals surface area contributed by atoms with E-state index < -0.39 is 23.5 Å². The van der Waals surface area contributed by atoms with E-state index in [1.165, 1.54) is 13.0 Å². The Morgan fingerprint density at radius 1 is 1.54 bits per heavy atom. The van der Waals surface area contributed by atoms with Crippen LogP contribution >= 0.6 is 0 Å². The van der Waals surface area contributed by atoms with Gasteiger partial charge in [0.15, 0.2) is 11.5 Å². The molecule has 1 aromatic heterocycles. The van der Waals surface area contributed by atoms with E-state index in [1.54, 1.807) is 0 Å². The number of rotatable bonds is 1. The minimum atomic E-state index is -2.77. The van der Waals surface area contributed by atoms with Gasteiger partial charge in [0.05, 0.1) is 0 Å². The van der Waals surface area contributed by atoms with Crippen molar-refractivity contribution < 1.29 is 13.2 Å². The van der Waals surface area contributed by atoms with Crippen LogP contribution in [0.3, 0.4) is 0 Å². The van der Waals surface area contributed by atoms with Crippen molar-refractivity contribution in [1.29, 1.82) is 5.26 Å². The summed E-state index contributed by atoms with van der Waals surface area (Å²) in [4.78, 5) is 3.40. The SMILES string of the molecule is Cc1nc(C#N)c(F)cc1C(F)F. The van der Waals surface area contributed by atoms with Crippen molar-refractivity contribution in [2.45, 2.75) is 13.3 Å². The summed E-state index contributed by atoms with van der Waals surface area (Å²) in [6.45, 7) is 1.31. The van der Waals surface area contributed by atoms with E-state index in [0.717, 1.165) is 0 Å². The average Bonchev–Trinajstić information content (AvgIpc) is 2.07. The van der Waals surface area contributed by atoms with E-state index in [9.17, 15) is 13.2 Å². The third kappa shape index (κ3) is 1.78. The predicted molar refractivity (Wildman–Crippen MR) is 38.6 cm³/mol. The first-order valence-corrected chi connectivity index (χ1v) is 3.41. The molecule has 0 amide bonds. The number of alkyl halides is 2. The molecular weight excluding hydrogens is 181 g/mol. The van der Waals surface area contributed by atoms with Gasteiger partial charge in [-0.05, 0) is 13.0 Å². The maximum Gasteiger partial charge on any atom is 0.265 e. The number of aryl methyl sites for hydroxylation is 1. The first-order valence-electron chi connectivity index (χ1n) is 3.41. The number of pyridine rings is 1. The highest BCUT2D eigenvalue weighted by atomic mass is 19.3. The number of nitriles is 1. The molecular formula is C8H5F3N2. The van der Waals surface area contributed by atoms with Gasteiger partial charge in [-0.25, -0.2) is 18.2 Å². The second kappa shape index (κ2) is 3.44. The smallest absolute Gasteiger partial charge is 0.239 e. The molecule has 1 aromatic rings. The van der Waals surface area contributed by atoms with E-state index in [2.05, 4.69) is 4.98 Å². The van der Waals surface area contributed by atoms with Gasteiger partial charge in [-0.2, -0.15) is 5.26 Å². The van der Waals surface area contributed by atoms with Gasteiger partial charge in [0.25, 0.3) is 6.43 Å². The molecule has 0 atom stereocenters. The molecule has 0 radical (unpaired) electrons. The lowest BCUT2D eigenvalue weighted by atomic mass is 10.2. The van der Waals surface area contributed by atoms with Gasteiger partial charge in [-0.15, -0.1) is 0 Å². The van der Waals surface area contributed by atoms with Crippen LogP contribution in [0.15, 0.2) is 6.07 Å². The fourth-order valence-electron chi connectivity index (χ4n) is 0.894. The van der Waals surface area contributed by atoms with Crippen LogP contribution in [-0.4, -0.2) is 4.98 Å². The Kier molecular flexibility index (Phi) is 2.52. The standard InChI is InChI=1S/C8H5F3N2/c1-4-5(8(10)11)2-6(9)7(3-12)13-4/h2,8H,1H3. The molecule has 68 valence electrons. The van der Waals surface area contributed by atoms with Crippen molar-refractivity contribution in [2.24, 2.45) is 0 Å². The van der Waals surface area contributed by atoms with Gasteiger partial charge in [0.1, 0.15) is 6.07 Å². The van der Waals surface area contributed by atoms with Crippen LogP contribution in [0.5, 0.6) is 0 Å². The summed E-state index contributed by atoms with van der Waals surface area (Å²) in [7, 11) is 0. The zero-order chi connectivity index (χ0) is 10.0. The summed E-state index contributed by atoms with van der Waals surface area (Å²) in [5.41, 5.74) is -0.952. The molecule has 0 unspecified atom stereocenters. The van der Waals surface area contributed by atoms with Gasteiger partial charge in [0.2, 0.25) is 0 Å². The lowest BCUT2D eigenvalue weighted by molar-refractivity contribution is 0.149. The van der Waals surface area contributed by atoms with Crippen LogP contribution in [0.1, 0.15) is 23.4 Å². The highest BCUT2D eigenvalue weighted by Gasteiger charge is 2.15. The lowest BCUT2D eigenvalue weighted by Crippen LogP contribution is -1.99. The lowest BCUT2D eigenvalue weighted by Gasteiger charge is -2.03. The van der Waals surface area contributed by atoms with Gasteiger partial charge in [-0.1, -0.05) is 0 Å². The van der Waals surface area contributed by atoms with Crippen molar-refractivity contribution in [3.8, 4) is 6.07 Å². The number of nitrogens with zero attached hydrogens (tertiary/aromatic N) is 2. The van der Waals surface area contributed by atoms with Crippen LogP contribution in [0.4, 0.5) is 13.2 Å². The summed E-state index contributed by atoms with van der Waals surface area (Å²) in [6.07, 6.45) is -2.77. The molecule has 0 aliphatic carbocycles. The minimum absolute atomic E-state index is 0.0204. The summed E-state index contributed by atoms with van der Waals surface area (Å²) < 4.78 is 37.1. The van der Waals surface area contributed by atoms with Gasteiger partial charge in [0, 0.05) is 11.3 Å². The van der Waals surface area contributed by atoms with Crippen LogP contribution in [0, 0.1) is 24.1 Å². The Morgan fingerprint density at radius 3 is 2.62 bits per heavy atom. The molecule has 2 nitrogen and oxygen atoms in total. The third-order valence-electron chi connectivity index (χ3n) is 1.55. The van der Waals surface area contributed by atoms with Crippen LogP contribution in [0.25, 0.3) is 0 Å². The number of halogens is 3. The van der Waals surface area contributed by atoms with E-state index in [-0.39, 0.29) is 5.69 Å². The zero-order valence-corrected chi connectivity index (χ0v) is 6.68. The van der Waals surface area contributed by atoms with Crippen molar-refractivity contribution in [3.63, 3.8) is 0 Å². The molecule has 1 heterocycles. The quantitative estimate of drug-likeness (QED) is 0.674. The summed E-state index contributed by atoms with van der Waals surface area (Å²) in [5, 5.41) is 8.33. The largest absolute Gasteiger partial charge is 0.265 e.